The van der Waals surface area contributed by atoms with Crippen molar-refractivity contribution in [2.45, 2.75) is 32.2 Å². The Morgan fingerprint density at radius 1 is 1.36 bits per heavy atom. The fraction of sp³-hybridized carbons (Fsp3) is 0.733. The fourth-order valence-electron chi connectivity index (χ4n) is 3.33. The summed E-state index contributed by atoms with van der Waals surface area (Å²) in [4.78, 5) is 13.3. The Balaban J connectivity index is 1.76. The quantitative estimate of drug-likeness (QED) is 0.836. The number of hydrogen-bond donors (Lipinski definition) is 0. The smallest absolute Gasteiger partial charge is 0.227 e. The minimum atomic E-state index is -2.88. The molecule has 22 heavy (non-hydrogen) atoms. The van der Waals surface area contributed by atoms with Crippen molar-refractivity contribution in [1.29, 1.82) is 0 Å². The Kier molecular flexibility index (Phi) is 4.25. The number of aromatic nitrogens is 2. The Morgan fingerprint density at radius 3 is 2.86 bits per heavy atom. The molecule has 1 aromatic rings. The maximum Gasteiger partial charge on any atom is 0.227 e. The minimum absolute atomic E-state index is 0.0213. The van der Waals surface area contributed by atoms with Gasteiger partial charge in [-0.3, -0.25) is 0 Å². The molecular weight excluding hydrogens is 300 g/mol. The zero-order valence-corrected chi connectivity index (χ0v) is 14.1. The lowest BCUT2D eigenvalue weighted by Gasteiger charge is -2.32. The van der Waals surface area contributed by atoms with Gasteiger partial charge in [-0.15, -0.1) is 0 Å². The van der Waals surface area contributed by atoms with E-state index in [0.717, 1.165) is 24.9 Å². The van der Waals surface area contributed by atoms with E-state index >= 15 is 0 Å². The Morgan fingerprint density at radius 2 is 2.18 bits per heavy atom. The highest BCUT2D eigenvalue weighted by molar-refractivity contribution is 7.91. The predicted octanol–water partition coefficient (Wildman–Crippen LogP) is 1.34. The summed E-state index contributed by atoms with van der Waals surface area (Å²) in [6.45, 7) is 4.24. The SMILES string of the molecule is CC1CCCN(c2nccc(N(C)C3CCS(=O)(=O)C3)n2)C1. The van der Waals surface area contributed by atoms with E-state index in [4.69, 9.17) is 0 Å². The average molecular weight is 324 g/mol. The topological polar surface area (TPSA) is 66.4 Å². The van der Waals surface area contributed by atoms with Crippen molar-refractivity contribution in [3.63, 3.8) is 0 Å². The minimum Gasteiger partial charge on any atom is -0.355 e. The number of nitrogens with zero attached hydrogens (tertiary/aromatic N) is 4. The summed E-state index contributed by atoms with van der Waals surface area (Å²) in [5, 5.41) is 0. The summed E-state index contributed by atoms with van der Waals surface area (Å²) in [7, 11) is -0.955. The number of sulfone groups is 1. The van der Waals surface area contributed by atoms with Crippen molar-refractivity contribution in [3.05, 3.63) is 12.3 Å². The van der Waals surface area contributed by atoms with Crippen LogP contribution in [0.4, 0.5) is 11.8 Å². The van der Waals surface area contributed by atoms with Crippen LogP contribution in [-0.2, 0) is 9.84 Å². The normalized spacial score (nSPS) is 27.8. The van der Waals surface area contributed by atoms with Gasteiger partial charge in [0.2, 0.25) is 5.95 Å². The lowest BCUT2D eigenvalue weighted by molar-refractivity contribution is 0.442. The van der Waals surface area contributed by atoms with E-state index < -0.39 is 9.84 Å². The van der Waals surface area contributed by atoms with Crippen LogP contribution >= 0.6 is 0 Å². The molecule has 0 aliphatic carbocycles. The number of piperidine rings is 1. The number of hydrogen-bond acceptors (Lipinski definition) is 6. The first-order valence-electron chi connectivity index (χ1n) is 7.96. The standard InChI is InChI=1S/C15H24N4O2S/c1-12-4-3-8-19(10-12)15-16-7-5-14(17-15)18(2)13-6-9-22(20,21)11-13/h5,7,12-13H,3-4,6,8-11H2,1-2H3. The van der Waals surface area contributed by atoms with Gasteiger partial charge < -0.3 is 9.80 Å². The van der Waals surface area contributed by atoms with Crippen LogP contribution in [0.2, 0.25) is 0 Å². The first-order valence-corrected chi connectivity index (χ1v) is 9.78. The molecule has 0 N–H and O–H groups in total. The Hall–Kier alpha value is -1.37. The van der Waals surface area contributed by atoms with Crippen LogP contribution in [0.25, 0.3) is 0 Å². The van der Waals surface area contributed by atoms with Gasteiger partial charge in [0.05, 0.1) is 11.5 Å². The van der Waals surface area contributed by atoms with Crippen LogP contribution in [0.5, 0.6) is 0 Å². The summed E-state index contributed by atoms with van der Waals surface area (Å²) in [6.07, 6.45) is 4.89. The van der Waals surface area contributed by atoms with E-state index in [9.17, 15) is 8.42 Å². The predicted molar refractivity (Wildman–Crippen MR) is 88.1 cm³/mol. The first-order chi connectivity index (χ1) is 10.4. The molecule has 2 aliphatic rings. The second-order valence-electron chi connectivity index (χ2n) is 6.58. The van der Waals surface area contributed by atoms with Gasteiger partial charge in [-0.1, -0.05) is 6.92 Å². The van der Waals surface area contributed by atoms with Crippen molar-refractivity contribution in [1.82, 2.24) is 9.97 Å². The van der Waals surface area contributed by atoms with Crippen LogP contribution in [0.15, 0.2) is 12.3 Å². The van der Waals surface area contributed by atoms with Gasteiger partial charge in [0.25, 0.3) is 0 Å². The molecular formula is C15H24N4O2S. The summed E-state index contributed by atoms with van der Waals surface area (Å²) in [5.74, 6) is 2.74. The zero-order valence-electron chi connectivity index (χ0n) is 13.3. The molecule has 6 nitrogen and oxygen atoms in total. The second-order valence-corrected chi connectivity index (χ2v) is 8.80. The molecule has 0 radical (unpaired) electrons. The Bertz CT molecular complexity index is 634. The molecule has 7 heteroatoms. The molecule has 0 spiro atoms. The highest BCUT2D eigenvalue weighted by Gasteiger charge is 2.31. The maximum absolute atomic E-state index is 11.7. The van der Waals surface area contributed by atoms with E-state index in [0.29, 0.717) is 12.3 Å². The van der Waals surface area contributed by atoms with Crippen LogP contribution in [0, 0.1) is 5.92 Å². The Labute approximate surface area is 132 Å². The lowest BCUT2D eigenvalue weighted by atomic mass is 10.0. The summed E-state index contributed by atoms with van der Waals surface area (Å²) in [6, 6.07) is 1.88. The molecule has 0 saturated carbocycles. The third-order valence-corrected chi connectivity index (χ3v) is 6.44. The lowest BCUT2D eigenvalue weighted by Crippen LogP contribution is -2.37. The maximum atomic E-state index is 11.7. The molecule has 2 unspecified atom stereocenters. The summed E-state index contributed by atoms with van der Waals surface area (Å²) >= 11 is 0. The molecule has 2 saturated heterocycles. The van der Waals surface area contributed by atoms with Crippen LogP contribution in [0.1, 0.15) is 26.2 Å². The second kappa shape index (κ2) is 6.02. The number of anilines is 2. The van der Waals surface area contributed by atoms with Crippen molar-refractivity contribution in [2.75, 3.05) is 41.4 Å². The molecule has 0 aromatic carbocycles. The molecule has 2 fully saturated rings. The summed E-state index contributed by atoms with van der Waals surface area (Å²) in [5.41, 5.74) is 0. The molecule has 1 aromatic heterocycles. The average Bonchev–Trinajstić information content (AvgIpc) is 2.87. The van der Waals surface area contributed by atoms with Crippen LogP contribution in [0.3, 0.4) is 0 Å². The van der Waals surface area contributed by atoms with Gasteiger partial charge in [-0.2, -0.15) is 4.98 Å². The van der Waals surface area contributed by atoms with Gasteiger partial charge in [0.15, 0.2) is 9.84 Å². The van der Waals surface area contributed by atoms with E-state index in [1.807, 2.05) is 18.0 Å². The monoisotopic (exact) mass is 324 g/mol. The highest BCUT2D eigenvalue weighted by Crippen LogP contribution is 2.24. The van der Waals surface area contributed by atoms with E-state index in [-0.39, 0.29) is 17.5 Å². The third-order valence-electron chi connectivity index (χ3n) is 4.69. The molecule has 0 amide bonds. The third kappa shape index (κ3) is 3.34. The summed E-state index contributed by atoms with van der Waals surface area (Å²) < 4.78 is 23.3. The largest absolute Gasteiger partial charge is 0.355 e. The van der Waals surface area contributed by atoms with Crippen LogP contribution in [-0.4, -0.2) is 56.1 Å². The van der Waals surface area contributed by atoms with Crippen molar-refractivity contribution in [3.8, 4) is 0 Å². The van der Waals surface area contributed by atoms with E-state index in [1.54, 1.807) is 6.20 Å². The van der Waals surface area contributed by atoms with Crippen molar-refractivity contribution < 1.29 is 8.42 Å². The molecule has 3 rings (SSSR count). The molecule has 2 aliphatic heterocycles. The zero-order chi connectivity index (χ0) is 15.7. The van der Waals surface area contributed by atoms with Gasteiger partial charge in [-0.25, -0.2) is 13.4 Å². The molecule has 0 bridgehead atoms. The van der Waals surface area contributed by atoms with E-state index in [1.165, 1.54) is 12.8 Å². The van der Waals surface area contributed by atoms with Gasteiger partial charge in [0, 0.05) is 32.4 Å². The van der Waals surface area contributed by atoms with Gasteiger partial charge >= 0.3 is 0 Å². The highest BCUT2D eigenvalue weighted by atomic mass is 32.2. The molecule has 3 heterocycles. The van der Waals surface area contributed by atoms with Gasteiger partial charge in [0.1, 0.15) is 5.82 Å². The first kappa shape index (κ1) is 15.5. The van der Waals surface area contributed by atoms with E-state index in [2.05, 4.69) is 21.8 Å². The fourth-order valence-corrected chi connectivity index (χ4v) is 5.10. The molecule has 122 valence electrons. The van der Waals surface area contributed by atoms with Crippen molar-refractivity contribution >= 4 is 21.6 Å². The van der Waals surface area contributed by atoms with Crippen molar-refractivity contribution in [2.24, 2.45) is 5.92 Å². The van der Waals surface area contributed by atoms with Crippen LogP contribution < -0.4 is 9.80 Å². The van der Waals surface area contributed by atoms with Gasteiger partial charge in [-0.05, 0) is 31.2 Å². The molecule has 2 atom stereocenters. The number of rotatable bonds is 3.